The average Bonchev–Trinajstić information content (AvgIpc) is 1.36. The Balaban J connectivity index is 3.26. The van der Waals surface area contributed by atoms with Gasteiger partial charge in [-0.25, -0.2) is 0 Å². The van der Waals surface area contributed by atoms with Gasteiger partial charge < -0.3 is 10.8 Å². The molecule has 0 unspecified atom stereocenters. The Labute approximate surface area is 35.8 Å². The molecule has 3 nitrogen and oxygen atoms in total. The number of carboxylic acids is 1. The molecule has 0 aliphatic rings. The average molecular weight is 91.1 g/mol. The second kappa shape index (κ2) is 1.77. The molecule has 0 radical (unpaired) electrons. The SMILES string of the molecule is C[13C@H]([15NH2])C(=O)O. The van der Waals surface area contributed by atoms with E-state index in [1.54, 1.807) is 0 Å². The molecule has 0 aliphatic carbocycles. The van der Waals surface area contributed by atoms with Gasteiger partial charge in [0.2, 0.25) is 0 Å². The largest absolute Gasteiger partial charge is 0.480 e. The highest BCUT2D eigenvalue weighted by molar-refractivity contribution is 5.72. The van der Waals surface area contributed by atoms with Gasteiger partial charge in [-0.3, -0.25) is 4.79 Å². The van der Waals surface area contributed by atoms with Crippen LogP contribution in [0.4, 0.5) is 0 Å². The van der Waals surface area contributed by atoms with Crippen molar-refractivity contribution in [1.82, 2.24) is 0 Å². The van der Waals surface area contributed by atoms with Crippen molar-refractivity contribution in [2.45, 2.75) is 13.0 Å². The van der Waals surface area contributed by atoms with Crippen molar-refractivity contribution in [3.05, 3.63) is 0 Å². The van der Waals surface area contributed by atoms with Crippen LogP contribution in [0.25, 0.3) is 0 Å². The summed E-state index contributed by atoms with van der Waals surface area (Å²) >= 11 is 0. The van der Waals surface area contributed by atoms with Gasteiger partial charge in [0.15, 0.2) is 0 Å². The summed E-state index contributed by atoms with van der Waals surface area (Å²) in [4.78, 5) is 9.57. The Kier molecular flexibility index (Phi) is 1.60. The second-order valence-corrected chi connectivity index (χ2v) is 1.13. The van der Waals surface area contributed by atoms with Crippen molar-refractivity contribution in [3.63, 3.8) is 0 Å². The second-order valence-electron chi connectivity index (χ2n) is 1.13. The maximum atomic E-state index is 9.57. The zero-order chi connectivity index (χ0) is 5.15. The molecule has 0 bridgehead atoms. The van der Waals surface area contributed by atoms with Crippen molar-refractivity contribution >= 4 is 5.97 Å². The number of aliphatic carboxylic acids is 1. The van der Waals surface area contributed by atoms with Crippen LogP contribution in [-0.2, 0) is 4.79 Å². The Morgan fingerprint density at radius 3 is 2.17 bits per heavy atom. The predicted octanol–water partition coefficient (Wildman–Crippen LogP) is -0.582. The van der Waals surface area contributed by atoms with Crippen molar-refractivity contribution in [2.75, 3.05) is 0 Å². The third-order valence-electron chi connectivity index (χ3n) is 0.390. The van der Waals surface area contributed by atoms with Gasteiger partial charge >= 0.3 is 5.97 Å². The molecular formula is C3H7NO2. The Morgan fingerprint density at radius 2 is 2.17 bits per heavy atom. The van der Waals surface area contributed by atoms with Crippen molar-refractivity contribution in [3.8, 4) is 0 Å². The maximum absolute atomic E-state index is 9.57. The third-order valence-corrected chi connectivity index (χ3v) is 0.390. The van der Waals surface area contributed by atoms with E-state index in [9.17, 15) is 4.79 Å². The Hall–Kier alpha value is -0.570. The topological polar surface area (TPSA) is 63.3 Å². The number of carbonyl (C=O) groups is 1. The zero-order valence-electron chi connectivity index (χ0n) is 3.51. The molecule has 0 saturated heterocycles. The lowest BCUT2D eigenvalue weighted by atomic mass is 10.8. The smallest absolute Gasteiger partial charge is 0.320 e. The minimum Gasteiger partial charge on any atom is -0.480 e. The third kappa shape index (κ3) is 1.72. The van der Waals surface area contributed by atoms with Crippen LogP contribution < -0.4 is 5.73 Å². The molecule has 0 saturated carbocycles. The quantitative estimate of drug-likeness (QED) is 0.335. The number of rotatable bonds is 1. The van der Waals surface area contributed by atoms with Crippen LogP contribution in [0.2, 0.25) is 0 Å². The van der Waals surface area contributed by atoms with E-state index in [-0.39, 0.29) is 0 Å². The van der Waals surface area contributed by atoms with E-state index < -0.39 is 12.0 Å². The van der Waals surface area contributed by atoms with Gasteiger partial charge in [0.05, 0.1) is 0 Å². The van der Waals surface area contributed by atoms with E-state index in [2.05, 4.69) is 0 Å². The highest BCUT2D eigenvalue weighted by Crippen LogP contribution is 1.68. The lowest BCUT2D eigenvalue weighted by molar-refractivity contribution is -0.138. The molecule has 0 rings (SSSR count). The summed E-state index contributed by atoms with van der Waals surface area (Å²) < 4.78 is 0. The van der Waals surface area contributed by atoms with Gasteiger partial charge in [0.25, 0.3) is 0 Å². The van der Waals surface area contributed by atoms with Crippen molar-refractivity contribution in [1.29, 1.82) is 0 Å². The normalized spacial score (nSPS) is 13.7. The monoisotopic (exact) mass is 91.0 g/mol. The summed E-state index contributed by atoms with van der Waals surface area (Å²) in [5.74, 6) is -0.963. The highest BCUT2D eigenvalue weighted by Gasteiger charge is 1.99. The number of hydrogen-bond donors (Lipinski definition) is 2. The van der Waals surface area contributed by atoms with E-state index in [1.807, 2.05) is 0 Å². The number of carboxylic acid groups (broad SMARTS) is 1. The lowest BCUT2D eigenvalue weighted by Gasteiger charge is -1.90. The molecule has 0 aromatic carbocycles. The van der Waals surface area contributed by atoms with E-state index in [0.717, 1.165) is 0 Å². The predicted molar refractivity (Wildman–Crippen MR) is 21.3 cm³/mol. The summed E-state index contributed by atoms with van der Waals surface area (Å²) in [6.07, 6.45) is 0. The summed E-state index contributed by atoms with van der Waals surface area (Å²) in [5.41, 5.74) is 4.84. The van der Waals surface area contributed by atoms with E-state index in [0.29, 0.717) is 0 Å². The van der Waals surface area contributed by atoms with E-state index in [1.165, 1.54) is 6.92 Å². The van der Waals surface area contributed by atoms with Gasteiger partial charge in [-0.1, -0.05) is 0 Å². The van der Waals surface area contributed by atoms with Gasteiger partial charge in [-0.15, -0.1) is 0 Å². The molecule has 0 spiro atoms. The van der Waals surface area contributed by atoms with Crippen LogP contribution in [0.1, 0.15) is 6.92 Å². The van der Waals surface area contributed by atoms with Crippen LogP contribution in [0.15, 0.2) is 0 Å². The Morgan fingerprint density at radius 1 is 2.00 bits per heavy atom. The molecule has 3 heteroatoms. The van der Waals surface area contributed by atoms with E-state index >= 15 is 0 Å². The molecule has 0 heterocycles. The zero-order valence-corrected chi connectivity index (χ0v) is 3.51. The molecule has 0 fully saturated rings. The maximum Gasteiger partial charge on any atom is 0.320 e. The Bertz CT molecular complexity index is 59.8. The summed E-state index contributed by atoms with van der Waals surface area (Å²) in [7, 11) is 0. The first-order chi connectivity index (χ1) is 2.64. The molecular weight excluding hydrogens is 84.0 g/mol. The van der Waals surface area contributed by atoms with Gasteiger partial charge in [-0.05, 0) is 6.92 Å². The molecule has 0 aliphatic heterocycles. The molecule has 1 atom stereocenters. The van der Waals surface area contributed by atoms with Gasteiger partial charge in [-0.2, -0.15) is 0 Å². The molecule has 0 aromatic heterocycles. The first kappa shape index (κ1) is 5.43. The molecule has 6 heavy (non-hydrogen) atoms. The highest BCUT2D eigenvalue weighted by atomic mass is 16.4. The fourth-order valence-electron chi connectivity index (χ4n) is 0. The molecule has 0 aromatic rings. The summed E-state index contributed by atoms with van der Waals surface area (Å²) in [6, 6.07) is -0.731. The van der Waals surface area contributed by atoms with Crippen LogP contribution in [0, 0.1) is 0 Å². The fourth-order valence-corrected chi connectivity index (χ4v) is 0. The lowest BCUT2D eigenvalue weighted by Crippen LogP contribution is -2.25. The van der Waals surface area contributed by atoms with Gasteiger partial charge in [0, 0.05) is 0 Å². The van der Waals surface area contributed by atoms with Gasteiger partial charge in [0.1, 0.15) is 6.04 Å². The number of nitrogens with two attached hydrogens (primary N) is 1. The van der Waals surface area contributed by atoms with E-state index in [4.69, 9.17) is 10.8 Å². The summed E-state index contributed by atoms with van der Waals surface area (Å²) in [6.45, 7) is 1.42. The molecule has 0 amide bonds. The van der Waals surface area contributed by atoms with Crippen molar-refractivity contribution in [2.24, 2.45) is 5.73 Å². The standard InChI is InChI=1S/C3H7NO2/c1-2(4)3(5)6/h2H,4H2,1H3,(H,5,6)/t2-/m0/s1/i2+1,4+1. The van der Waals surface area contributed by atoms with Crippen LogP contribution >= 0.6 is 0 Å². The van der Waals surface area contributed by atoms with Crippen LogP contribution in [0.3, 0.4) is 0 Å². The molecule has 36 valence electrons. The molecule has 3 N–H and O–H groups in total. The van der Waals surface area contributed by atoms with Crippen molar-refractivity contribution < 1.29 is 9.90 Å². The first-order valence-electron chi connectivity index (χ1n) is 1.63. The van der Waals surface area contributed by atoms with Crippen LogP contribution in [-0.4, -0.2) is 17.1 Å². The fraction of sp³-hybridized carbons (Fsp3) is 0.667. The minimum atomic E-state index is -0.963. The first-order valence-corrected chi connectivity index (χ1v) is 1.63. The minimum absolute atomic E-state index is 0.731. The van der Waals surface area contributed by atoms with Crippen LogP contribution in [0.5, 0.6) is 0 Å². The number of hydrogen-bond acceptors (Lipinski definition) is 2. The summed E-state index contributed by atoms with van der Waals surface area (Å²) in [5, 5.41) is 7.87.